The van der Waals surface area contributed by atoms with Crippen LogP contribution in [0.4, 0.5) is 0 Å². The highest BCUT2D eigenvalue weighted by Gasteiger charge is 2.47. The van der Waals surface area contributed by atoms with Crippen molar-refractivity contribution in [1.29, 1.82) is 0 Å². The third-order valence-corrected chi connectivity index (χ3v) is 4.60. The van der Waals surface area contributed by atoms with Crippen molar-refractivity contribution in [3.05, 3.63) is 44.0 Å². The van der Waals surface area contributed by atoms with Crippen molar-refractivity contribution in [3.63, 3.8) is 0 Å². The summed E-state index contributed by atoms with van der Waals surface area (Å²) in [5, 5.41) is 0. The zero-order chi connectivity index (χ0) is 13.0. The Kier molecular flexibility index (Phi) is 4.82. The molecule has 2 aliphatic rings. The monoisotopic (exact) mass is 244 g/mol. The van der Waals surface area contributed by atoms with Gasteiger partial charge in [0, 0.05) is 18.6 Å². The van der Waals surface area contributed by atoms with Gasteiger partial charge in [0.2, 0.25) is 0 Å². The summed E-state index contributed by atoms with van der Waals surface area (Å²) >= 11 is 0. The van der Waals surface area contributed by atoms with Crippen molar-refractivity contribution in [3.8, 4) is 0 Å². The zero-order valence-electron chi connectivity index (χ0n) is 11.5. The minimum absolute atomic E-state index is 0.700. The molecule has 3 unspecified atom stereocenters. The SMILES string of the molecule is C=CC[C]1C(CC=C)C2CCCCC2N1CC=C. The minimum atomic E-state index is 0.700. The van der Waals surface area contributed by atoms with Crippen LogP contribution in [0.2, 0.25) is 0 Å². The topological polar surface area (TPSA) is 3.24 Å². The molecule has 2 rings (SSSR count). The highest BCUT2D eigenvalue weighted by atomic mass is 15.2. The summed E-state index contributed by atoms with van der Waals surface area (Å²) in [7, 11) is 0. The van der Waals surface area contributed by atoms with Gasteiger partial charge >= 0.3 is 0 Å². The lowest BCUT2D eigenvalue weighted by atomic mass is 9.76. The van der Waals surface area contributed by atoms with E-state index in [-0.39, 0.29) is 0 Å². The molecule has 1 saturated carbocycles. The second-order valence-electron chi connectivity index (χ2n) is 5.57. The summed E-state index contributed by atoms with van der Waals surface area (Å²) in [6.07, 6.45) is 13.9. The van der Waals surface area contributed by atoms with Gasteiger partial charge in [0.1, 0.15) is 0 Å². The van der Waals surface area contributed by atoms with E-state index in [0.29, 0.717) is 5.92 Å². The molecule has 1 heterocycles. The lowest BCUT2D eigenvalue weighted by Crippen LogP contribution is -2.35. The average molecular weight is 244 g/mol. The van der Waals surface area contributed by atoms with Crippen LogP contribution in [0, 0.1) is 17.9 Å². The molecule has 0 spiro atoms. The summed E-state index contributed by atoms with van der Waals surface area (Å²) in [5.74, 6) is 1.54. The van der Waals surface area contributed by atoms with Gasteiger partial charge in [-0.1, -0.05) is 31.1 Å². The summed E-state index contributed by atoms with van der Waals surface area (Å²) in [6, 6.07) is 2.33. The summed E-state index contributed by atoms with van der Waals surface area (Å²) < 4.78 is 0. The van der Waals surface area contributed by atoms with Crippen molar-refractivity contribution in [2.24, 2.45) is 11.8 Å². The molecule has 1 aliphatic heterocycles. The predicted molar refractivity (Wildman–Crippen MR) is 79.0 cm³/mol. The Labute approximate surface area is 112 Å². The van der Waals surface area contributed by atoms with Gasteiger partial charge < -0.3 is 0 Å². The van der Waals surface area contributed by atoms with Gasteiger partial charge in [-0.2, -0.15) is 0 Å². The van der Waals surface area contributed by atoms with Crippen molar-refractivity contribution in [1.82, 2.24) is 4.90 Å². The molecule has 0 amide bonds. The fourth-order valence-corrected chi connectivity index (χ4v) is 3.97. The standard InChI is InChI=1S/C17H26N/c1-4-9-14-15-11-7-8-12-17(15)18(13-6-3)16(14)10-5-2/h4-6,14-15,17H,1-3,7-13H2. The fraction of sp³-hybridized carbons (Fsp3) is 0.588. The molecule has 1 radical (unpaired) electrons. The number of hydrogen-bond acceptors (Lipinski definition) is 1. The number of allylic oxidation sites excluding steroid dienone is 1. The van der Waals surface area contributed by atoms with Gasteiger partial charge in [-0.15, -0.1) is 19.7 Å². The molecule has 1 heteroatoms. The van der Waals surface area contributed by atoms with Crippen LogP contribution in [0.25, 0.3) is 0 Å². The summed E-state index contributed by atoms with van der Waals surface area (Å²) in [4.78, 5) is 2.62. The Morgan fingerprint density at radius 2 is 1.83 bits per heavy atom. The van der Waals surface area contributed by atoms with Crippen LogP contribution in [0.3, 0.4) is 0 Å². The minimum Gasteiger partial charge on any atom is -0.288 e. The second-order valence-corrected chi connectivity index (χ2v) is 5.57. The van der Waals surface area contributed by atoms with Gasteiger partial charge in [0.05, 0.1) is 0 Å². The van der Waals surface area contributed by atoms with Gasteiger partial charge in [-0.3, -0.25) is 4.90 Å². The highest BCUT2D eigenvalue weighted by Crippen LogP contribution is 2.49. The van der Waals surface area contributed by atoms with Crippen LogP contribution in [-0.2, 0) is 0 Å². The third-order valence-electron chi connectivity index (χ3n) is 4.60. The number of hydrogen-bond donors (Lipinski definition) is 0. The second kappa shape index (κ2) is 6.38. The Bertz CT molecular complexity index is 281. The van der Waals surface area contributed by atoms with E-state index in [2.05, 4.69) is 36.8 Å². The maximum absolute atomic E-state index is 3.95. The zero-order valence-corrected chi connectivity index (χ0v) is 11.5. The lowest BCUT2D eigenvalue weighted by Gasteiger charge is -2.32. The molecular weight excluding hydrogens is 218 g/mol. The molecule has 1 saturated heterocycles. The maximum atomic E-state index is 3.95. The van der Waals surface area contributed by atoms with E-state index in [1.54, 1.807) is 6.04 Å². The molecule has 0 aromatic rings. The average Bonchev–Trinajstić information content (AvgIpc) is 2.67. The predicted octanol–water partition coefficient (Wildman–Crippen LogP) is 4.35. The smallest absolute Gasteiger partial charge is 0.0474 e. The third kappa shape index (κ3) is 2.47. The van der Waals surface area contributed by atoms with E-state index >= 15 is 0 Å². The van der Waals surface area contributed by atoms with E-state index in [1.807, 2.05) is 6.08 Å². The summed E-state index contributed by atoms with van der Waals surface area (Å²) in [5.41, 5.74) is 0. The van der Waals surface area contributed by atoms with Crippen LogP contribution in [-0.4, -0.2) is 17.5 Å². The molecule has 1 nitrogen and oxygen atoms in total. The first-order valence-corrected chi connectivity index (χ1v) is 7.28. The highest BCUT2D eigenvalue weighted by molar-refractivity contribution is 5.15. The van der Waals surface area contributed by atoms with Crippen molar-refractivity contribution >= 4 is 0 Å². The van der Waals surface area contributed by atoms with E-state index in [9.17, 15) is 0 Å². The van der Waals surface area contributed by atoms with Crippen molar-refractivity contribution in [2.45, 2.75) is 44.6 Å². The lowest BCUT2D eigenvalue weighted by molar-refractivity contribution is 0.192. The van der Waals surface area contributed by atoms with Crippen LogP contribution in [0.1, 0.15) is 38.5 Å². The molecule has 0 aromatic carbocycles. The molecule has 3 atom stereocenters. The number of rotatable bonds is 6. The molecule has 2 fully saturated rings. The largest absolute Gasteiger partial charge is 0.288 e. The Morgan fingerprint density at radius 3 is 2.50 bits per heavy atom. The molecule has 0 bridgehead atoms. The van der Waals surface area contributed by atoms with Gasteiger partial charge in [0.15, 0.2) is 0 Å². The molecule has 99 valence electrons. The first kappa shape index (κ1) is 13.6. The molecule has 0 aromatic heterocycles. The Balaban J connectivity index is 2.21. The van der Waals surface area contributed by atoms with E-state index in [4.69, 9.17) is 0 Å². The maximum Gasteiger partial charge on any atom is 0.0474 e. The normalized spacial score (nSPS) is 33.0. The van der Waals surface area contributed by atoms with Crippen LogP contribution in [0.15, 0.2) is 38.0 Å². The number of likely N-dealkylation sites (tertiary alicyclic amines) is 1. The number of nitrogens with zero attached hydrogens (tertiary/aromatic N) is 1. The molecular formula is C17H26N. The van der Waals surface area contributed by atoms with Gasteiger partial charge in [-0.05, 0) is 37.5 Å². The Morgan fingerprint density at radius 1 is 1.06 bits per heavy atom. The van der Waals surface area contributed by atoms with E-state index in [1.165, 1.54) is 25.7 Å². The van der Waals surface area contributed by atoms with Crippen LogP contribution >= 0.6 is 0 Å². The summed E-state index contributed by atoms with van der Waals surface area (Å²) in [6.45, 7) is 12.8. The molecule has 0 N–H and O–H groups in total. The first-order chi connectivity index (χ1) is 8.83. The van der Waals surface area contributed by atoms with Crippen molar-refractivity contribution in [2.75, 3.05) is 6.54 Å². The first-order valence-electron chi connectivity index (χ1n) is 7.28. The molecule has 18 heavy (non-hydrogen) atoms. The van der Waals surface area contributed by atoms with E-state index in [0.717, 1.165) is 31.3 Å². The fourth-order valence-electron chi connectivity index (χ4n) is 3.97. The van der Waals surface area contributed by atoms with Gasteiger partial charge in [-0.25, -0.2) is 0 Å². The van der Waals surface area contributed by atoms with Crippen LogP contribution < -0.4 is 0 Å². The Hall–Kier alpha value is -0.820. The quantitative estimate of drug-likeness (QED) is 0.628. The van der Waals surface area contributed by atoms with Crippen LogP contribution in [0.5, 0.6) is 0 Å². The number of fused-ring (bicyclic) bond motifs is 1. The van der Waals surface area contributed by atoms with Gasteiger partial charge in [0.25, 0.3) is 0 Å². The van der Waals surface area contributed by atoms with Crippen molar-refractivity contribution < 1.29 is 0 Å². The van der Waals surface area contributed by atoms with E-state index < -0.39 is 0 Å². The molecule has 1 aliphatic carbocycles.